The van der Waals surface area contributed by atoms with Gasteiger partial charge in [0.25, 0.3) is 11.7 Å². The van der Waals surface area contributed by atoms with Crippen LogP contribution >= 0.6 is 11.6 Å². The number of Topliss-reactive ketones (excluding diaryl/α,β-unsaturated/α-hetero) is 1. The van der Waals surface area contributed by atoms with E-state index in [4.69, 9.17) is 11.6 Å². The monoisotopic (exact) mass is 488 g/mol. The number of aliphatic hydroxyl groups excluding tert-OH is 1. The van der Waals surface area contributed by atoms with Crippen molar-refractivity contribution < 1.29 is 14.7 Å². The Labute approximate surface area is 211 Å². The summed E-state index contributed by atoms with van der Waals surface area (Å²) in [6.07, 6.45) is 1.43. The number of likely N-dealkylation sites (tertiary alicyclic amines) is 1. The number of aliphatic hydroxyl groups is 1. The maximum Gasteiger partial charge on any atom is 0.295 e. The maximum atomic E-state index is 13.2. The highest BCUT2D eigenvalue weighted by molar-refractivity contribution is 6.46. The highest BCUT2D eigenvalue weighted by atomic mass is 35.5. The molecule has 0 spiro atoms. The van der Waals surface area contributed by atoms with Gasteiger partial charge in [-0.1, -0.05) is 67.1 Å². The number of amides is 1. The second kappa shape index (κ2) is 10.4. The summed E-state index contributed by atoms with van der Waals surface area (Å²) in [5.74, 6) is -1.42. The lowest BCUT2D eigenvalue weighted by Crippen LogP contribution is -2.31. The molecule has 1 N–H and O–H groups in total. The number of benzene rings is 3. The van der Waals surface area contributed by atoms with E-state index in [-0.39, 0.29) is 11.3 Å². The van der Waals surface area contributed by atoms with E-state index in [9.17, 15) is 14.7 Å². The lowest BCUT2D eigenvalue weighted by atomic mass is 9.94. The minimum atomic E-state index is -0.677. The molecule has 1 saturated heterocycles. The van der Waals surface area contributed by atoms with Crippen molar-refractivity contribution in [1.29, 1.82) is 0 Å². The van der Waals surface area contributed by atoms with Crippen LogP contribution in [0.2, 0.25) is 5.02 Å². The van der Waals surface area contributed by atoms with Crippen molar-refractivity contribution >= 4 is 34.7 Å². The molecule has 1 aliphatic rings. The quantitative estimate of drug-likeness (QED) is 0.266. The van der Waals surface area contributed by atoms with Crippen LogP contribution in [0.1, 0.15) is 35.2 Å². The van der Waals surface area contributed by atoms with Gasteiger partial charge in [-0.25, -0.2) is 0 Å². The first-order valence-electron chi connectivity index (χ1n) is 11.7. The zero-order chi connectivity index (χ0) is 25.1. The molecule has 1 amide bonds. The fourth-order valence-electron chi connectivity index (χ4n) is 4.37. The second-order valence-electron chi connectivity index (χ2n) is 8.91. The molecule has 3 aromatic rings. The van der Waals surface area contributed by atoms with E-state index < -0.39 is 17.7 Å². The number of aryl methyl sites for hydroxylation is 1. The van der Waals surface area contributed by atoms with Crippen molar-refractivity contribution in [2.75, 3.05) is 25.5 Å². The summed E-state index contributed by atoms with van der Waals surface area (Å²) in [5.41, 5.74) is 4.55. The Morgan fingerprint density at radius 2 is 1.51 bits per heavy atom. The average Bonchev–Trinajstić information content (AvgIpc) is 3.13. The molecule has 1 unspecified atom stereocenters. The highest BCUT2D eigenvalue weighted by Crippen LogP contribution is 2.40. The molecule has 0 aliphatic carbocycles. The van der Waals surface area contributed by atoms with Gasteiger partial charge in [-0.05, 0) is 53.8 Å². The molecule has 1 fully saturated rings. The van der Waals surface area contributed by atoms with Crippen LogP contribution in [-0.4, -0.2) is 42.3 Å². The smallest absolute Gasteiger partial charge is 0.295 e. The third-order valence-corrected chi connectivity index (χ3v) is 6.71. The molecular weight excluding hydrogens is 460 g/mol. The Balaban J connectivity index is 1.76. The standard InChI is InChI=1S/C29H29ClN2O3/c1-4-19-5-9-22(10-6-19)27(33)25-26(21-11-15-24(16-12-21)31(2)3)32(29(35)28(25)34)18-17-20-7-13-23(30)14-8-20/h5-16,26,33H,4,17-18H2,1-3H3/b27-25-. The van der Waals surface area contributed by atoms with Gasteiger partial charge < -0.3 is 14.9 Å². The Kier molecular flexibility index (Phi) is 7.27. The van der Waals surface area contributed by atoms with E-state index in [1.807, 2.05) is 79.7 Å². The summed E-state index contributed by atoms with van der Waals surface area (Å²) in [6.45, 7) is 2.39. The molecule has 1 heterocycles. The Hall–Kier alpha value is -3.57. The summed E-state index contributed by atoms with van der Waals surface area (Å²) >= 11 is 6.00. The predicted molar refractivity (Wildman–Crippen MR) is 141 cm³/mol. The van der Waals surface area contributed by atoms with E-state index in [2.05, 4.69) is 6.92 Å². The van der Waals surface area contributed by atoms with Crippen LogP contribution in [0.25, 0.3) is 5.76 Å². The van der Waals surface area contributed by atoms with Crippen molar-refractivity contribution in [3.05, 3.63) is 106 Å². The van der Waals surface area contributed by atoms with Crippen molar-refractivity contribution in [3.8, 4) is 0 Å². The number of halogens is 1. The molecule has 1 aliphatic heterocycles. The van der Waals surface area contributed by atoms with Crippen LogP contribution in [0.3, 0.4) is 0 Å². The average molecular weight is 489 g/mol. The third kappa shape index (κ3) is 5.10. The zero-order valence-corrected chi connectivity index (χ0v) is 20.9. The molecule has 0 saturated carbocycles. The summed E-state index contributed by atoms with van der Waals surface area (Å²) in [7, 11) is 3.90. The van der Waals surface area contributed by atoms with Crippen molar-refractivity contribution in [2.24, 2.45) is 0 Å². The number of carbonyl (C=O) groups is 2. The number of rotatable bonds is 7. The number of anilines is 1. The van der Waals surface area contributed by atoms with Gasteiger partial charge in [0.15, 0.2) is 0 Å². The number of carbonyl (C=O) groups excluding carboxylic acids is 2. The fraction of sp³-hybridized carbons (Fsp3) is 0.241. The molecule has 4 rings (SSSR count). The van der Waals surface area contributed by atoms with Gasteiger partial charge in [0.2, 0.25) is 0 Å². The van der Waals surface area contributed by atoms with E-state index in [0.717, 1.165) is 28.8 Å². The van der Waals surface area contributed by atoms with Gasteiger partial charge in [0.1, 0.15) is 5.76 Å². The van der Waals surface area contributed by atoms with Gasteiger partial charge in [0, 0.05) is 36.9 Å². The number of hydrogen-bond donors (Lipinski definition) is 1. The van der Waals surface area contributed by atoms with Gasteiger partial charge in [-0.3, -0.25) is 9.59 Å². The van der Waals surface area contributed by atoms with Crippen molar-refractivity contribution in [3.63, 3.8) is 0 Å². The summed E-state index contributed by atoms with van der Waals surface area (Å²) in [4.78, 5) is 30.0. The van der Waals surface area contributed by atoms with Crippen LogP contribution < -0.4 is 4.90 Å². The third-order valence-electron chi connectivity index (χ3n) is 6.46. The van der Waals surface area contributed by atoms with E-state index in [0.29, 0.717) is 23.6 Å². The first kappa shape index (κ1) is 24.6. The first-order valence-corrected chi connectivity index (χ1v) is 12.1. The normalized spacial score (nSPS) is 17.1. The molecule has 0 radical (unpaired) electrons. The van der Waals surface area contributed by atoms with Crippen LogP contribution in [0.15, 0.2) is 78.4 Å². The first-order chi connectivity index (χ1) is 16.8. The maximum absolute atomic E-state index is 13.2. The lowest BCUT2D eigenvalue weighted by Gasteiger charge is -2.26. The zero-order valence-electron chi connectivity index (χ0n) is 20.2. The molecule has 6 heteroatoms. The van der Waals surface area contributed by atoms with Crippen molar-refractivity contribution in [1.82, 2.24) is 4.90 Å². The van der Waals surface area contributed by atoms with Gasteiger partial charge in [-0.2, -0.15) is 0 Å². The largest absolute Gasteiger partial charge is 0.507 e. The molecule has 0 aromatic heterocycles. The number of ketones is 1. The topological polar surface area (TPSA) is 60.9 Å². The SMILES string of the molecule is CCc1ccc(/C(O)=C2/C(=O)C(=O)N(CCc3ccc(Cl)cc3)C2c2ccc(N(C)C)cc2)cc1. The van der Waals surface area contributed by atoms with Crippen LogP contribution in [-0.2, 0) is 22.4 Å². The molecule has 1 atom stereocenters. The van der Waals surface area contributed by atoms with Crippen molar-refractivity contribution in [2.45, 2.75) is 25.8 Å². The van der Waals surface area contributed by atoms with E-state index >= 15 is 0 Å². The molecular formula is C29H29ClN2O3. The van der Waals surface area contributed by atoms with E-state index in [1.54, 1.807) is 17.0 Å². The van der Waals surface area contributed by atoms with Gasteiger partial charge >= 0.3 is 0 Å². The van der Waals surface area contributed by atoms with Crippen LogP contribution in [0, 0.1) is 0 Å². The molecule has 3 aromatic carbocycles. The molecule has 35 heavy (non-hydrogen) atoms. The molecule has 180 valence electrons. The molecule has 5 nitrogen and oxygen atoms in total. The second-order valence-corrected chi connectivity index (χ2v) is 9.34. The molecule has 0 bridgehead atoms. The van der Waals surface area contributed by atoms with E-state index in [1.165, 1.54) is 0 Å². The van der Waals surface area contributed by atoms with Crippen LogP contribution in [0.5, 0.6) is 0 Å². The fourth-order valence-corrected chi connectivity index (χ4v) is 4.49. The van der Waals surface area contributed by atoms with Gasteiger partial charge in [-0.15, -0.1) is 0 Å². The Morgan fingerprint density at radius 3 is 2.09 bits per heavy atom. The summed E-state index contributed by atoms with van der Waals surface area (Å²) in [5, 5.41) is 11.9. The minimum absolute atomic E-state index is 0.118. The number of hydrogen-bond acceptors (Lipinski definition) is 4. The lowest BCUT2D eigenvalue weighted by molar-refractivity contribution is -0.139. The summed E-state index contributed by atoms with van der Waals surface area (Å²) in [6, 6.07) is 21.9. The number of nitrogens with zero attached hydrogens (tertiary/aromatic N) is 2. The predicted octanol–water partition coefficient (Wildman–Crippen LogP) is 5.63. The highest BCUT2D eigenvalue weighted by Gasteiger charge is 2.45. The minimum Gasteiger partial charge on any atom is -0.507 e. The van der Waals surface area contributed by atoms with Crippen LogP contribution in [0.4, 0.5) is 5.69 Å². The summed E-state index contributed by atoms with van der Waals surface area (Å²) < 4.78 is 0. The Morgan fingerprint density at radius 1 is 0.914 bits per heavy atom. The van der Waals surface area contributed by atoms with Gasteiger partial charge in [0.05, 0.1) is 11.6 Å². The Bertz CT molecular complexity index is 1250.